The van der Waals surface area contributed by atoms with Crippen LogP contribution in [0.3, 0.4) is 0 Å². The van der Waals surface area contributed by atoms with Crippen LogP contribution in [0.2, 0.25) is 5.02 Å². The first-order valence-electron chi connectivity index (χ1n) is 7.40. The minimum absolute atomic E-state index is 0.322. The molecule has 0 aliphatic rings. The molecule has 2 aromatic heterocycles. The Morgan fingerprint density at radius 2 is 1.88 bits per heavy atom. The van der Waals surface area contributed by atoms with Crippen LogP contribution in [-0.4, -0.2) is 24.4 Å². The van der Waals surface area contributed by atoms with Crippen LogP contribution in [0, 0.1) is 0 Å². The van der Waals surface area contributed by atoms with Gasteiger partial charge in [0, 0.05) is 43.2 Å². The Kier molecular flexibility index (Phi) is 4.56. The number of hydrogen-bond donors (Lipinski definition) is 0. The maximum absolute atomic E-state index is 12.3. The molecule has 0 spiro atoms. The largest absolute Gasteiger partial charge is 0.332 e. The second-order valence-electron chi connectivity index (χ2n) is 5.52. The van der Waals surface area contributed by atoms with Crippen molar-refractivity contribution in [1.29, 1.82) is 0 Å². The van der Waals surface area contributed by atoms with Crippen LogP contribution in [0.4, 0.5) is 0 Å². The Hall–Kier alpha value is -1.99. The average molecular weight is 365 g/mol. The molecule has 0 atom stereocenters. The van der Waals surface area contributed by atoms with Gasteiger partial charge < -0.3 is 4.57 Å². The van der Waals surface area contributed by atoms with E-state index in [1.165, 1.54) is 11.6 Å². The topological polar surface area (TPSA) is 61.8 Å². The Balaban J connectivity index is 1.90. The first kappa shape index (κ1) is 16.9. The minimum atomic E-state index is -0.370. The summed E-state index contributed by atoms with van der Waals surface area (Å²) in [6.45, 7) is 0. The van der Waals surface area contributed by atoms with Crippen molar-refractivity contribution in [3.05, 3.63) is 56.0 Å². The van der Waals surface area contributed by atoms with Crippen LogP contribution in [0.1, 0.15) is 5.82 Å². The molecule has 0 N–H and O–H groups in total. The Labute approximate surface area is 147 Å². The molecule has 0 saturated carbocycles. The summed E-state index contributed by atoms with van der Waals surface area (Å²) in [4.78, 5) is 29.9. The molecule has 0 unspecified atom stereocenters. The second kappa shape index (κ2) is 6.49. The Morgan fingerprint density at radius 3 is 2.58 bits per heavy atom. The number of nitrogens with zero attached hydrogens (tertiary/aromatic N) is 4. The van der Waals surface area contributed by atoms with Gasteiger partial charge in [-0.15, -0.1) is 11.8 Å². The lowest BCUT2D eigenvalue weighted by atomic mass is 10.4. The zero-order valence-corrected chi connectivity index (χ0v) is 15.2. The first-order valence-corrected chi connectivity index (χ1v) is 8.76. The van der Waals surface area contributed by atoms with Crippen LogP contribution in [0.5, 0.6) is 0 Å². The quantitative estimate of drug-likeness (QED) is 0.664. The van der Waals surface area contributed by atoms with Gasteiger partial charge in [0.2, 0.25) is 0 Å². The van der Waals surface area contributed by atoms with E-state index in [-0.39, 0.29) is 11.2 Å². The molecule has 0 fully saturated rings. The molecule has 0 saturated heterocycles. The first-order chi connectivity index (χ1) is 11.4. The summed E-state index contributed by atoms with van der Waals surface area (Å²) >= 11 is 7.66. The number of imidazole rings is 1. The SMILES string of the molecule is Cn1c(=O)c2c(nc(CCSc3cccc(Cl)c3)n2C)n(C)c1=O. The van der Waals surface area contributed by atoms with Crippen LogP contribution in [-0.2, 0) is 27.6 Å². The Morgan fingerprint density at radius 1 is 1.12 bits per heavy atom. The number of aryl methyl sites for hydroxylation is 3. The van der Waals surface area contributed by atoms with Gasteiger partial charge in [-0.25, -0.2) is 9.78 Å². The number of halogens is 1. The van der Waals surface area contributed by atoms with Gasteiger partial charge >= 0.3 is 5.69 Å². The van der Waals surface area contributed by atoms with Gasteiger partial charge in [-0.05, 0) is 18.2 Å². The highest BCUT2D eigenvalue weighted by molar-refractivity contribution is 7.99. The average Bonchev–Trinajstić information content (AvgIpc) is 2.88. The predicted molar refractivity (Wildman–Crippen MR) is 97.1 cm³/mol. The molecular formula is C16H17ClN4O2S. The number of aromatic nitrogens is 4. The van der Waals surface area contributed by atoms with Crippen LogP contribution >= 0.6 is 23.4 Å². The lowest BCUT2D eigenvalue weighted by Gasteiger charge is -2.04. The van der Waals surface area contributed by atoms with Crippen molar-refractivity contribution in [3.63, 3.8) is 0 Å². The maximum atomic E-state index is 12.3. The molecule has 3 rings (SSSR count). The van der Waals surface area contributed by atoms with Crippen LogP contribution in [0.15, 0.2) is 38.8 Å². The fourth-order valence-electron chi connectivity index (χ4n) is 2.60. The van der Waals surface area contributed by atoms with Gasteiger partial charge in [0.1, 0.15) is 5.82 Å². The van der Waals surface area contributed by atoms with Crippen LogP contribution < -0.4 is 11.2 Å². The minimum Gasteiger partial charge on any atom is -0.325 e. The zero-order chi connectivity index (χ0) is 17.4. The van der Waals surface area contributed by atoms with E-state index in [1.807, 2.05) is 24.3 Å². The number of thioether (sulfide) groups is 1. The van der Waals surface area contributed by atoms with Gasteiger partial charge in [0.25, 0.3) is 5.56 Å². The highest BCUT2D eigenvalue weighted by Gasteiger charge is 2.16. The molecule has 0 radical (unpaired) electrons. The van der Waals surface area contributed by atoms with E-state index in [9.17, 15) is 9.59 Å². The predicted octanol–water partition coefficient (Wildman–Crippen LogP) is 1.96. The fourth-order valence-corrected chi connectivity index (χ4v) is 3.76. The van der Waals surface area contributed by atoms with E-state index in [0.29, 0.717) is 22.6 Å². The van der Waals surface area contributed by atoms with Gasteiger partial charge in [0.05, 0.1) is 0 Å². The summed E-state index contributed by atoms with van der Waals surface area (Å²) in [7, 11) is 4.91. The van der Waals surface area contributed by atoms with E-state index in [2.05, 4.69) is 4.98 Å². The molecule has 2 heterocycles. The highest BCUT2D eigenvalue weighted by Crippen LogP contribution is 2.22. The van der Waals surface area contributed by atoms with Crippen molar-refractivity contribution in [2.24, 2.45) is 21.1 Å². The number of rotatable bonds is 4. The lowest BCUT2D eigenvalue weighted by Crippen LogP contribution is -2.37. The standard InChI is InChI=1S/C16H17ClN4O2S/c1-19-12(7-8-24-11-6-4-5-10(17)9-11)18-14-13(19)15(22)21(3)16(23)20(14)2/h4-6,9H,7-8H2,1-3H3. The summed E-state index contributed by atoms with van der Waals surface area (Å²) in [6.07, 6.45) is 0.680. The molecule has 0 aliphatic carbocycles. The summed E-state index contributed by atoms with van der Waals surface area (Å²) in [5, 5.41) is 0.709. The second-order valence-corrected chi connectivity index (χ2v) is 7.13. The molecule has 0 aliphatic heterocycles. The van der Waals surface area contributed by atoms with E-state index >= 15 is 0 Å². The van der Waals surface area contributed by atoms with Gasteiger partial charge in [-0.2, -0.15) is 0 Å². The number of hydrogen-bond acceptors (Lipinski definition) is 4. The normalized spacial score (nSPS) is 11.3. The molecule has 0 amide bonds. The molecule has 8 heteroatoms. The van der Waals surface area contributed by atoms with Gasteiger partial charge in [-0.3, -0.25) is 13.9 Å². The third-order valence-corrected chi connectivity index (χ3v) is 5.19. The smallest absolute Gasteiger partial charge is 0.325 e. The molecule has 0 bridgehead atoms. The van der Waals surface area contributed by atoms with Crippen molar-refractivity contribution in [2.75, 3.05) is 5.75 Å². The van der Waals surface area contributed by atoms with Crippen molar-refractivity contribution >= 4 is 34.5 Å². The lowest BCUT2D eigenvalue weighted by molar-refractivity contribution is 0.705. The fraction of sp³-hybridized carbons (Fsp3) is 0.312. The van der Waals surface area contributed by atoms with E-state index in [4.69, 9.17) is 11.6 Å². The third kappa shape index (κ3) is 2.89. The molecule has 126 valence electrons. The molecular weight excluding hydrogens is 348 g/mol. The molecule has 1 aromatic carbocycles. The number of fused-ring (bicyclic) bond motifs is 1. The van der Waals surface area contributed by atoms with Crippen molar-refractivity contribution in [2.45, 2.75) is 11.3 Å². The molecule has 3 aromatic rings. The maximum Gasteiger partial charge on any atom is 0.332 e. The van der Waals surface area contributed by atoms with Gasteiger partial charge in [-0.1, -0.05) is 17.7 Å². The Bertz CT molecular complexity index is 1030. The van der Waals surface area contributed by atoms with Crippen molar-refractivity contribution in [1.82, 2.24) is 18.7 Å². The van der Waals surface area contributed by atoms with Crippen LogP contribution in [0.25, 0.3) is 11.2 Å². The monoisotopic (exact) mass is 364 g/mol. The molecule has 6 nitrogen and oxygen atoms in total. The van der Waals surface area contributed by atoms with E-state index < -0.39 is 0 Å². The summed E-state index contributed by atoms with van der Waals surface area (Å²) in [5.74, 6) is 1.57. The van der Waals surface area contributed by atoms with Crippen molar-refractivity contribution < 1.29 is 0 Å². The van der Waals surface area contributed by atoms with E-state index in [1.54, 1.807) is 30.4 Å². The van der Waals surface area contributed by atoms with Crippen molar-refractivity contribution in [3.8, 4) is 0 Å². The van der Waals surface area contributed by atoms with E-state index in [0.717, 1.165) is 21.0 Å². The molecule has 24 heavy (non-hydrogen) atoms. The van der Waals surface area contributed by atoms with Gasteiger partial charge in [0.15, 0.2) is 11.2 Å². The zero-order valence-electron chi connectivity index (χ0n) is 13.6. The third-order valence-electron chi connectivity index (χ3n) is 3.96. The summed E-state index contributed by atoms with van der Waals surface area (Å²) in [5.41, 5.74) is 0.179. The summed E-state index contributed by atoms with van der Waals surface area (Å²) in [6, 6.07) is 7.68. The highest BCUT2D eigenvalue weighted by atomic mass is 35.5. The number of benzene rings is 1. The summed E-state index contributed by atoms with van der Waals surface area (Å²) < 4.78 is 4.29.